The van der Waals surface area contributed by atoms with Crippen LogP contribution in [-0.2, 0) is 4.79 Å². The molecule has 4 heteroatoms. The molecule has 1 aliphatic heterocycles. The fourth-order valence-corrected chi connectivity index (χ4v) is 1.48. The Morgan fingerprint density at radius 3 is 2.92 bits per heavy atom. The minimum atomic E-state index is 0.172. The van der Waals surface area contributed by atoms with Crippen molar-refractivity contribution >= 4 is 6.29 Å². The van der Waals surface area contributed by atoms with E-state index < -0.39 is 0 Å². The Balaban J connectivity index is 2.38. The molecule has 1 aliphatic rings. The predicted molar refractivity (Wildman–Crippen MR) is 46.0 cm³/mol. The lowest BCUT2D eigenvalue weighted by Gasteiger charge is -2.37. The normalized spacial score (nSPS) is 27.3. The molecule has 1 rings (SSSR count). The van der Waals surface area contributed by atoms with Crippen molar-refractivity contribution in [1.29, 1.82) is 0 Å². The van der Waals surface area contributed by atoms with E-state index in [1.165, 1.54) is 0 Å². The molecule has 1 unspecified atom stereocenters. The zero-order valence-corrected chi connectivity index (χ0v) is 7.44. The van der Waals surface area contributed by atoms with Crippen LogP contribution in [0.3, 0.4) is 0 Å². The van der Waals surface area contributed by atoms with Gasteiger partial charge in [0.1, 0.15) is 6.29 Å². The number of carbonyl (C=O) groups excluding carboxylic acids is 1. The molecular formula is C8H16N2O2. The molecule has 0 aromatic heterocycles. The van der Waals surface area contributed by atoms with Crippen LogP contribution in [0.25, 0.3) is 0 Å². The van der Waals surface area contributed by atoms with Crippen molar-refractivity contribution in [3.05, 3.63) is 0 Å². The molecule has 0 spiro atoms. The van der Waals surface area contributed by atoms with Gasteiger partial charge in [-0.2, -0.15) is 0 Å². The van der Waals surface area contributed by atoms with Crippen LogP contribution in [0.2, 0.25) is 0 Å². The number of hydrogen-bond donors (Lipinski definition) is 1. The summed E-state index contributed by atoms with van der Waals surface area (Å²) in [5.74, 6) is 0. The summed E-state index contributed by atoms with van der Waals surface area (Å²) in [7, 11) is 2.00. The highest BCUT2D eigenvalue weighted by atomic mass is 16.3. The second-order valence-corrected chi connectivity index (χ2v) is 3.24. The second-order valence-electron chi connectivity index (χ2n) is 3.24. The van der Waals surface area contributed by atoms with E-state index in [4.69, 9.17) is 5.11 Å². The van der Waals surface area contributed by atoms with Crippen LogP contribution in [0.4, 0.5) is 0 Å². The van der Waals surface area contributed by atoms with Gasteiger partial charge >= 0.3 is 0 Å². The van der Waals surface area contributed by atoms with Gasteiger partial charge in [-0.25, -0.2) is 0 Å². The van der Waals surface area contributed by atoms with Crippen LogP contribution in [-0.4, -0.2) is 67.1 Å². The number of nitrogens with zero attached hydrogens (tertiary/aromatic N) is 2. The third-order valence-corrected chi connectivity index (χ3v) is 2.40. The van der Waals surface area contributed by atoms with Gasteiger partial charge in [0, 0.05) is 25.7 Å². The summed E-state index contributed by atoms with van der Waals surface area (Å²) in [6, 6.07) is 0.193. The summed E-state index contributed by atoms with van der Waals surface area (Å²) in [4.78, 5) is 14.4. The summed E-state index contributed by atoms with van der Waals surface area (Å²) in [6.07, 6.45) is 0.916. The lowest BCUT2D eigenvalue weighted by atomic mass is 10.2. The number of aliphatic hydroxyl groups is 1. The summed E-state index contributed by atoms with van der Waals surface area (Å²) in [6.45, 7) is 3.31. The largest absolute Gasteiger partial charge is 0.395 e. The molecule has 1 atom stereocenters. The molecule has 1 N–H and O–H groups in total. The molecule has 1 fully saturated rings. The molecule has 1 saturated heterocycles. The highest BCUT2D eigenvalue weighted by Gasteiger charge is 2.22. The minimum Gasteiger partial charge on any atom is -0.395 e. The highest BCUT2D eigenvalue weighted by Crippen LogP contribution is 2.05. The number of carbonyl (C=O) groups is 1. The first-order valence-electron chi connectivity index (χ1n) is 4.25. The van der Waals surface area contributed by atoms with E-state index in [0.717, 1.165) is 25.9 Å². The van der Waals surface area contributed by atoms with Crippen molar-refractivity contribution in [2.75, 3.05) is 39.8 Å². The summed E-state index contributed by atoms with van der Waals surface area (Å²) >= 11 is 0. The average molecular weight is 172 g/mol. The molecule has 70 valence electrons. The van der Waals surface area contributed by atoms with Crippen LogP contribution < -0.4 is 0 Å². The molecular weight excluding hydrogens is 156 g/mol. The van der Waals surface area contributed by atoms with Crippen LogP contribution in [0.15, 0.2) is 0 Å². The van der Waals surface area contributed by atoms with Crippen molar-refractivity contribution in [2.24, 2.45) is 0 Å². The number of likely N-dealkylation sites (N-methyl/N-ethyl adjacent to an activating group) is 1. The molecule has 0 saturated carbocycles. The smallest absolute Gasteiger partial charge is 0.133 e. The van der Waals surface area contributed by atoms with Gasteiger partial charge in [0.05, 0.1) is 13.2 Å². The molecule has 12 heavy (non-hydrogen) atoms. The van der Waals surface area contributed by atoms with Gasteiger partial charge in [0.25, 0.3) is 0 Å². The van der Waals surface area contributed by atoms with Gasteiger partial charge in [-0.3, -0.25) is 9.80 Å². The fourth-order valence-electron chi connectivity index (χ4n) is 1.48. The van der Waals surface area contributed by atoms with Crippen molar-refractivity contribution < 1.29 is 9.90 Å². The van der Waals surface area contributed by atoms with Crippen LogP contribution in [0.5, 0.6) is 0 Å². The van der Waals surface area contributed by atoms with Crippen LogP contribution in [0, 0.1) is 0 Å². The lowest BCUT2D eigenvalue weighted by Crippen LogP contribution is -2.53. The Labute approximate surface area is 72.8 Å². The molecule has 4 nitrogen and oxygen atoms in total. The van der Waals surface area contributed by atoms with Gasteiger partial charge < -0.3 is 9.90 Å². The molecule has 0 aromatic rings. The zero-order chi connectivity index (χ0) is 8.97. The van der Waals surface area contributed by atoms with Crippen molar-refractivity contribution in [3.63, 3.8) is 0 Å². The maximum atomic E-state index is 10.2. The first-order valence-corrected chi connectivity index (χ1v) is 4.25. The third-order valence-electron chi connectivity index (χ3n) is 2.40. The van der Waals surface area contributed by atoms with Crippen molar-refractivity contribution in [1.82, 2.24) is 9.80 Å². The first kappa shape index (κ1) is 9.64. The molecule has 1 heterocycles. The maximum absolute atomic E-state index is 10.2. The maximum Gasteiger partial charge on any atom is 0.133 e. The first-order chi connectivity index (χ1) is 5.77. The van der Waals surface area contributed by atoms with E-state index in [1.807, 2.05) is 7.05 Å². The van der Waals surface area contributed by atoms with Crippen molar-refractivity contribution in [2.45, 2.75) is 6.04 Å². The van der Waals surface area contributed by atoms with Gasteiger partial charge in [-0.15, -0.1) is 0 Å². The van der Waals surface area contributed by atoms with Gasteiger partial charge in [-0.05, 0) is 7.05 Å². The predicted octanol–water partition coefficient (Wildman–Crippen LogP) is -1.21. The monoisotopic (exact) mass is 172 g/mol. The SMILES string of the molecule is CN1CCN(CC=O)CC1CO. The third kappa shape index (κ3) is 2.27. The standard InChI is InChI=1S/C8H16N2O2/c1-9-2-3-10(4-5-11)6-8(9)7-12/h5,8,12H,2-4,6-7H2,1H3. The van der Waals surface area contributed by atoms with Crippen molar-refractivity contribution in [3.8, 4) is 0 Å². The van der Waals surface area contributed by atoms with Crippen LogP contribution >= 0.6 is 0 Å². The summed E-state index contributed by atoms with van der Waals surface area (Å²) in [5, 5.41) is 8.99. The lowest BCUT2D eigenvalue weighted by molar-refractivity contribution is -0.109. The van der Waals surface area contributed by atoms with Gasteiger partial charge in [0.2, 0.25) is 0 Å². The number of aliphatic hydroxyl groups excluding tert-OH is 1. The Bertz CT molecular complexity index is 152. The fraction of sp³-hybridized carbons (Fsp3) is 0.875. The van der Waals surface area contributed by atoms with Gasteiger partial charge in [0.15, 0.2) is 0 Å². The molecule has 0 amide bonds. The van der Waals surface area contributed by atoms with Crippen LogP contribution in [0.1, 0.15) is 0 Å². The van der Waals surface area contributed by atoms with E-state index in [0.29, 0.717) is 6.54 Å². The Hall–Kier alpha value is -0.450. The van der Waals surface area contributed by atoms with E-state index in [9.17, 15) is 4.79 Å². The van der Waals surface area contributed by atoms with E-state index >= 15 is 0 Å². The molecule has 0 radical (unpaired) electrons. The van der Waals surface area contributed by atoms with E-state index in [1.54, 1.807) is 0 Å². The zero-order valence-electron chi connectivity index (χ0n) is 7.44. The Morgan fingerprint density at radius 2 is 2.33 bits per heavy atom. The number of rotatable bonds is 3. The second kappa shape index (κ2) is 4.54. The number of aldehydes is 1. The summed E-state index contributed by atoms with van der Waals surface area (Å²) < 4.78 is 0. The summed E-state index contributed by atoms with van der Waals surface area (Å²) in [5.41, 5.74) is 0. The Morgan fingerprint density at radius 1 is 1.58 bits per heavy atom. The Kier molecular flexibility index (Phi) is 3.65. The number of hydrogen-bond acceptors (Lipinski definition) is 4. The minimum absolute atomic E-state index is 0.172. The van der Waals surface area contributed by atoms with Gasteiger partial charge in [-0.1, -0.05) is 0 Å². The number of piperazine rings is 1. The molecule has 0 aliphatic carbocycles. The molecule has 0 aromatic carbocycles. The quantitative estimate of drug-likeness (QED) is 0.543. The van der Waals surface area contributed by atoms with E-state index in [-0.39, 0.29) is 12.6 Å². The average Bonchev–Trinajstić information content (AvgIpc) is 2.09. The highest BCUT2D eigenvalue weighted by molar-refractivity contribution is 5.52. The molecule has 0 bridgehead atoms. The topological polar surface area (TPSA) is 43.8 Å². The van der Waals surface area contributed by atoms with E-state index in [2.05, 4.69) is 9.80 Å².